The van der Waals surface area contributed by atoms with Crippen LogP contribution in [0.5, 0.6) is 5.75 Å². The van der Waals surface area contributed by atoms with Crippen LogP contribution in [0.15, 0.2) is 30.3 Å². The van der Waals surface area contributed by atoms with E-state index in [9.17, 15) is 4.79 Å². The van der Waals surface area contributed by atoms with E-state index in [0.29, 0.717) is 42.0 Å². The molecule has 1 saturated heterocycles. The fraction of sp³-hybridized carbons (Fsp3) is 0.455. The van der Waals surface area contributed by atoms with Crippen molar-refractivity contribution in [2.75, 3.05) is 25.1 Å². The van der Waals surface area contributed by atoms with Crippen LogP contribution in [0.1, 0.15) is 32.8 Å². The van der Waals surface area contributed by atoms with Crippen LogP contribution in [-0.4, -0.2) is 41.3 Å². The number of hydrogen-bond acceptors (Lipinski definition) is 6. The smallest absolute Gasteiger partial charge is 0.410 e. The van der Waals surface area contributed by atoms with Crippen molar-refractivity contribution in [2.45, 2.75) is 39.7 Å². The van der Waals surface area contributed by atoms with Gasteiger partial charge in [0.1, 0.15) is 5.60 Å². The molecular formula is C22H29ClN4O3. The monoisotopic (exact) mass is 432 g/mol. The highest BCUT2D eigenvalue weighted by Gasteiger charge is 2.30. The van der Waals surface area contributed by atoms with Crippen LogP contribution in [-0.2, 0) is 4.74 Å². The normalized spacial score (nSPS) is 16.5. The van der Waals surface area contributed by atoms with Crippen LogP contribution < -0.4 is 16.0 Å². The van der Waals surface area contributed by atoms with Crippen molar-refractivity contribution in [3.05, 3.63) is 40.9 Å². The molecular weight excluding hydrogens is 404 g/mol. The van der Waals surface area contributed by atoms with Gasteiger partial charge in [-0.3, -0.25) is 0 Å². The topological polar surface area (TPSA) is 89.7 Å². The van der Waals surface area contributed by atoms with Gasteiger partial charge < -0.3 is 19.8 Å². The Morgan fingerprint density at radius 1 is 1.33 bits per heavy atom. The number of rotatable bonds is 5. The molecule has 1 aromatic heterocycles. The van der Waals surface area contributed by atoms with E-state index in [0.717, 1.165) is 17.5 Å². The van der Waals surface area contributed by atoms with Crippen molar-refractivity contribution in [2.24, 2.45) is 11.8 Å². The molecule has 8 heteroatoms. The van der Waals surface area contributed by atoms with Gasteiger partial charge in [0.25, 0.3) is 0 Å². The van der Waals surface area contributed by atoms with Crippen molar-refractivity contribution in [1.29, 1.82) is 0 Å². The van der Waals surface area contributed by atoms with Crippen LogP contribution >= 0.6 is 11.6 Å². The maximum atomic E-state index is 12.2. The number of benzene rings is 1. The fourth-order valence-corrected chi connectivity index (χ4v) is 3.52. The Labute approximate surface area is 182 Å². The number of carbonyl (C=O) groups is 1. The number of ether oxygens (including phenoxy) is 2. The molecule has 3 rings (SSSR count). The number of halogens is 1. The SMILES string of the molecule is Cc1ccc(-c2nc(NN)c(OC[C@@H]3CCN(C(=O)OC(C)(C)C)C3)cc2Cl)cc1. The number of nitrogens with zero attached hydrogens (tertiary/aromatic N) is 2. The summed E-state index contributed by atoms with van der Waals surface area (Å²) in [5, 5.41) is 0.481. The first-order chi connectivity index (χ1) is 14.2. The van der Waals surface area contributed by atoms with Gasteiger partial charge in [0.05, 0.1) is 17.3 Å². The summed E-state index contributed by atoms with van der Waals surface area (Å²) in [6, 6.07) is 9.66. The molecule has 1 amide bonds. The van der Waals surface area contributed by atoms with Crippen molar-refractivity contribution in [3.63, 3.8) is 0 Å². The van der Waals surface area contributed by atoms with E-state index in [1.807, 2.05) is 52.0 Å². The van der Waals surface area contributed by atoms with Gasteiger partial charge >= 0.3 is 6.09 Å². The number of nitrogen functional groups attached to an aromatic ring is 1. The largest absolute Gasteiger partial charge is 0.489 e. The summed E-state index contributed by atoms with van der Waals surface area (Å²) in [5.74, 6) is 6.76. The first-order valence-electron chi connectivity index (χ1n) is 10.0. The first-order valence-corrected chi connectivity index (χ1v) is 10.4. The van der Waals surface area contributed by atoms with Crippen molar-refractivity contribution >= 4 is 23.5 Å². The van der Waals surface area contributed by atoms with Gasteiger partial charge in [0.2, 0.25) is 0 Å². The summed E-state index contributed by atoms with van der Waals surface area (Å²) < 4.78 is 11.4. The van der Waals surface area contributed by atoms with Crippen molar-refractivity contribution < 1.29 is 14.3 Å². The highest BCUT2D eigenvalue weighted by molar-refractivity contribution is 6.33. The van der Waals surface area contributed by atoms with E-state index in [1.165, 1.54) is 0 Å². The maximum Gasteiger partial charge on any atom is 0.410 e. The van der Waals surface area contributed by atoms with Gasteiger partial charge in [0, 0.05) is 30.6 Å². The quantitative estimate of drug-likeness (QED) is 0.528. The van der Waals surface area contributed by atoms with Crippen LogP contribution in [0.25, 0.3) is 11.3 Å². The Balaban J connectivity index is 1.65. The lowest BCUT2D eigenvalue weighted by Crippen LogP contribution is -2.35. The maximum absolute atomic E-state index is 12.2. The number of hydrazine groups is 1. The van der Waals surface area contributed by atoms with Gasteiger partial charge in [-0.1, -0.05) is 41.4 Å². The van der Waals surface area contributed by atoms with E-state index < -0.39 is 5.60 Å². The average molecular weight is 433 g/mol. The van der Waals surface area contributed by atoms with E-state index in [2.05, 4.69) is 10.4 Å². The lowest BCUT2D eigenvalue weighted by Gasteiger charge is -2.24. The Bertz CT molecular complexity index is 896. The summed E-state index contributed by atoms with van der Waals surface area (Å²) in [7, 11) is 0. The number of nitrogens with two attached hydrogens (primary N) is 1. The number of amides is 1. The number of likely N-dealkylation sites (tertiary alicyclic amines) is 1. The van der Waals surface area contributed by atoms with Crippen LogP contribution in [0, 0.1) is 12.8 Å². The third kappa shape index (κ3) is 5.55. The predicted molar refractivity (Wildman–Crippen MR) is 119 cm³/mol. The van der Waals surface area contributed by atoms with Crippen LogP contribution in [0.3, 0.4) is 0 Å². The Hall–Kier alpha value is -2.51. The van der Waals surface area contributed by atoms with E-state index in [4.69, 9.17) is 26.9 Å². The number of anilines is 1. The summed E-state index contributed by atoms with van der Waals surface area (Å²) in [5.41, 5.74) is 4.78. The molecule has 3 N–H and O–H groups in total. The molecule has 7 nitrogen and oxygen atoms in total. The van der Waals surface area contributed by atoms with Crippen molar-refractivity contribution in [3.8, 4) is 17.0 Å². The number of aromatic nitrogens is 1. The number of carbonyl (C=O) groups excluding carboxylic acids is 1. The first kappa shape index (κ1) is 22.2. The molecule has 162 valence electrons. The van der Waals surface area contributed by atoms with Crippen molar-refractivity contribution in [1.82, 2.24) is 9.88 Å². The molecule has 1 fully saturated rings. The lowest BCUT2D eigenvalue weighted by molar-refractivity contribution is 0.0285. The van der Waals surface area contributed by atoms with Crippen LogP contribution in [0.4, 0.5) is 10.6 Å². The molecule has 1 aliphatic rings. The minimum atomic E-state index is -0.505. The van der Waals surface area contributed by atoms with Crippen LogP contribution in [0.2, 0.25) is 5.02 Å². The Kier molecular flexibility index (Phi) is 6.73. The molecule has 0 unspecified atom stereocenters. The second-order valence-corrected chi connectivity index (χ2v) is 8.98. The van der Waals surface area contributed by atoms with Gasteiger partial charge in [-0.2, -0.15) is 0 Å². The fourth-order valence-electron chi connectivity index (χ4n) is 3.27. The second kappa shape index (κ2) is 9.10. The highest BCUT2D eigenvalue weighted by Crippen LogP contribution is 2.34. The lowest BCUT2D eigenvalue weighted by atomic mass is 10.1. The van der Waals surface area contributed by atoms with Gasteiger partial charge in [-0.15, -0.1) is 0 Å². The molecule has 1 aromatic carbocycles. The molecule has 0 radical (unpaired) electrons. The summed E-state index contributed by atoms with van der Waals surface area (Å²) in [4.78, 5) is 18.5. The minimum Gasteiger partial charge on any atom is -0.489 e. The second-order valence-electron chi connectivity index (χ2n) is 8.57. The molecule has 1 atom stereocenters. The molecule has 0 spiro atoms. The molecule has 2 heterocycles. The average Bonchev–Trinajstić information content (AvgIpc) is 3.15. The molecule has 1 aliphatic heterocycles. The van der Waals surface area contributed by atoms with E-state index >= 15 is 0 Å². The number of nitrogens with one attached hydrogen (secondary N) is 1. The third-order valence-corrected chi connectivity index (χ3v) is 5.10. The van der Waals surface area contributed by atoms with Gasteiger partial charge in [0.15, 0.2) is 11.6 Å². The zero-order chi connectivity index (χ0) is 21.9. The van der Waals surface area contributed by atoms with Gasteiger partial charge in [-0.05, 0) is 34.1 Å². The Morgan fingerprint density at radius 2 is 2.03 bits per heavy atom. The standard InChI is InChI=1S/C22H29ClN4O3/c1-14-5-7-16(8-6-14)19-17(23)11-18(20(25-19)26-24)29-13-15-9-10-27(12-15)21(28)30-22(2,3)4/h5-8,11,15H,9-10,12-13,24H2,1-4H3,(H,25,26)/t15-/m1/s1. The number of aryl methyl sites for hydroxylation is 1. The molecule has 0 saturated carbocycles. The zero-order valence-electron chi connectivity index (χ0n) is 17.9. The third-order valence-electron chi connectivity index (χ3n) is 4.81. The molecule has 30 heavy (non-hydrogen) atoms. The number of hydrogen-bond donors (Lipinski definition) is 2. The molecule has 0 aliphatic carbocycles. The van der Waals surface area contributed by atoms with E-state index in [-0.39, 0.29) is 12.0 Å². The number of pyridine rings is 1. The predicted octanol–water partition coefficient (Wildman–Crippen LogP) is 4.63. The zero-order valence-corrected chi connectivity index (χ0v) is 18.6. The highest BCUT2D eigenvalue weighted by atomic mass is 35.5. The molecule has 2 aromatic rings. The van der Waals surface area contributed by atoms with E-state index in [1.54, 1.807) is 11.0 Å². The molecule has 0 bridgehead atoms. The minimum absolute atomic E-state index is 0.193. The summed E-state index contributed by atoms with van der Waals surface area (Å²) >= 11 is 6.47. The summed E-state index contributed by atoms with van der Waals surface area (Å²) in [6.45, 7) is 9.27. The Morgan fingerprint density at radius 3 is 2.67 bits per heavy atom. The van der Waals surface area contributed by atoms with Gasteiger partial charge in [-0.25, -0.2) is 15.6 Å². The summed E-state index contributed by atoms with van der Waals surface area (Å²) in [6.07, 6.45) is 0.550.